The van der Waals surface area contributed by atoms with Crippen LogP contribution in [-0.4, -0.2) is 12.6 Å². The van der Waals surface area contributed by atoms with Crippen molar-refractivity contribution in [2.75, 3.05) is 6.54 Å². The van der Waals surface area contributed by atoms with Crippen LogP contribution in [-0.2, 0) is 0 Å². The van der Waals surface area contributed by atoms with Crippen molar-refractivity contribution in [2.45, 2.75) is 58.9 Å². The lowest BCUT2D eigenvalue weighted by Gasteiger charge is -2.24. The Hall–Kier alpha value is -0.530. The third-order valence-corrected chi connectivity index (χ3v) is 4.10. The molecule has 1 unspecified atom stereocenters. The van der Waals surface area contributed by atoms with E-state index in [1.807, 2.05) is 6.07 Å². The maximum Gasteiger partial charge on any atom is 0.0408 e. The average Bonchev–Trinajstić information content (AvgIpc) is 2.39. The molecule has 0 heterocycles. The second kappa shape index (κ2) is 8.60. The first kappa shape index (κ1) is 16.5. The van der Waals surface area contributed by atoms with Crippen LogP contribution < -0.4 is 5.32 Å². The molecule has 19 heavy (non-hydrogen) atoms. The monoisotopic (exact) mass is 281 g/mol. The number of hydrogen-bond donors (Lipinski definition) is 1. The molecule has 0 bridgehead atoms. The van der Waals surface area contributed by atoms with Gasteiger partial charge >= 0.3 is 0 Å². The first-order valence-corrected chi connectivity index (χ1v) is 7.93. The Bertz CT molecular complexity index is 358. The van der Waals surface area contributed by atoms with Gasteiger partial charge in [-0.1, -0.05) is 64.3 Å². The molecule has 2 heteroatoms. The maximum atomic E-state index is 6.14. The molecular formula is C17H28ClN. The molecule has 0 radical (unpaired) electrons. The van der Waals surface area contributed by atoms with E-state index in [9.17, 15) is 0 Å². The lowest BCUT2D eigenvalue weighted by atomic mass is 9.86. The summed E-state index contributed by atoms with van der Waals surface area (Å²) in [5.74, 6) is 1.36. The first-order chi connectivity index (χ1) is 9.06. The van der Waals surface area contributed by atoms with Crippen molar-refractivity contribution in [3.8, 4) is 0 Å². The van der Waals surface area contributed by atoms with E-state index in [4.69, 9.17) is 11.6 Å². The first-order valence-electron chi connectivity index (χ1n) is 7.55. The fourth-order valence-electron chi connectivity index (χ4n) is 2.50. The van der Waals surface area contributed by atoms with Gasteiger partial charge in [-0.05, 0) is 36.0 Å². The van der Waals surface area contributed by atoms with Crippen molar-refractivity contribution < 1.29 is 0 Å². The van der Waals surface area contributed by atoms with Gasteiger partial charge in [-0.2, -0.15) is 0 Å². The fraction of sp³-hybridized carbons (Fsp3) is 0.647. The van der Waals surface area contributed by atoms with Crippen LogP contribution in [0.15, 0.2) is 24.3 Å². The molecule has 1 aromatic rings. The summed E-state index contributed by atoms with van der Waals surface area (Å²) in [6.07, 6.45) is 3.76. The summed E-state index contributed by atoms with van der Waals surface area (Å²) in [7, 11) is 0. The van der Waals surface area contributed by atoms with Gasteiger partial charge in [0.1, 0.15) is 0 Å². The van der Waals surface area contributed by atoms with E-state index < -0.39 is 0 Å². The molecule has 0 aliphatic carbocycles. The lowest BCUT2D eigenvalue weighted by Crippen LogP contribution is -2.29. The fourth-order valence-corrected chi connectivity index (χ4v) is 2.70. The van der Waals surface area contributed by atoms with Gasteiger partial charge in [0.05, 0.1) is 0 Å². The van der Waals surface area contributed by atoms with E-state index in [1.165, 1.54) is 24.8 Å². The third-order valence-electron chi connectivity index (χ3n) is 3.87. The van der Waals surface area contributed by atoms with Gasteiger partial charge in [0.15, 0.2) is 0 Å². The quantitative estimate of drug-likeness (QED) is 0.686. The summed E-state index contributed by atoms with van der Waals surface area (Å²) in [5, 5.41) is 4.42. The van der Waals surface area contributed by atoms with Gasteiger partial charge in [-0.25, -0.2) is 0 Å². The second-order valence-corrected chi connectivity index (χ2v) is 6.17. The van der Waals surface area contributed by atoms with Gasteiger partial charge in [0, 0.05) is 17.6 Å². The zero-order valence-corrected chi connectivity index (χ0v) is 13.5. The van der Waals surface area contributed by atoms with Crippen molar-refractivity contribution in [2.24, 2.45) is 5.92 Å². The molecule has 1 N–H and O–H groups in total. The van der Waals surface area contributed by atoms with Crippen LogP contribution in [0.4, 0.5) is 0 Å². The third kappa shape index (κ3) is 5.97. The standard InChI is InChI=1S/C17H28ClN/c1-5-14(6-2)10-16(12-19-13(3)4)15-8-7-9-17(18)11-15/h7-9,11,13-14,16,19H,5-6,10,12H2,1-4H3. The highest BCUT2D eigenvalue weighted by Crippen LogP contribution is 2.28. The van der Waals surface area contributed by atoms with Gasteiger partial charge in [0.2, 0.25) is 0 Å². The van der Waals surface area contributed by atoms with Crippen LogP contribution in [0.1, 0.15) is 58.4 Å². The molecule has 0 aromatic heterocycles. The van der Waals surface area contributed by atoms with Crippen LogP contribution >= 0.6 is 11.6 Å². The summed E-state index contributed by atoms with van der Waals surface area (Å²) in [6.45, 7) is 10.0. The van der Waals surface area contributed by atoms with Gasteiger partial charge in [-0.15, -0.1) is 0 Å². The molecule has 1 aromatic carbocycles. The zero-order chi connectivity index (χ0) is 14.3. The predicted molar refractivity (Wildman–Crippen MR) is 86.0 cm³/mol. The largest absolute Gasteiger partial charge is 0.314 e. The molecule has 1 atom stereocenters. The molecule has 0 aliphatic heterocycles. The van der Waals surface area contributed by atoms with E-state index in [0.29, 0.717) is 12.0 Å². The summed E-state index contributed by atoms with van der Waals surface area (Å²) in [6, 6.07) is 8.88. The molecule has 0 spiro atoms. The maximum absolute atomic E-state index is 6.14. The van der Waals surface area contributed by atoms with Crippen molar-refractivity contribution >= 4 is 11.6 Å². The molecule has 1 rings (SSSR count). The normalized spacial score (nSPS) is 13.2. The minimum atomic E-state index is 0.531. The van der Waals surface area contributed by atoms with Crippen LogP contribution in [0.2, 0.25) is 5.02 Å². The topological polar surface area (TPSA) is 12.0 Å². The van der Waals surface area contributed by atoms with Crippen LogP contribution in [0, 0.1) is 5.92 Å². The molecule has 0 saturated heterocycles. The van der Waals surface area contributed by atoms with Crippen LogP contribution in [0.3, 0.4) is 0 Å². The number of halogens is 1. The molecule has 0 saturated carbocycles. The number of rotatable bonds is 8. The van der Waals surface area contributed by atoms with Crippen LogP contribution in [0.5, 0.6) is 0 Å². The van der Waals surface area contributed by atoms with Gasteiger partial charge in [0.25, 0.3) is 0 Å². The minimum Gasteiger partial charge on any atom is -0.314 e. The molecule has 108 valence electrons. The van der Waals surface area contributed by atoms with Crippen LogP contribution in [0.25, 0.3) is 0 Å². The predicted octanol–water partition coefficient (Wildman–Crippen LogP) is 5.25. The van der Waals surface area contributed by atoms with Crippen molar-refractivity contribution in [3.05, 3.63) is 34.9 Å². The van der Waals surface area contributed by atoms with E-state index >= 15 is 0 Å². The van der Waals surface area contributed by atoms with Gasteiger partial charge < -0.3 is 5.32 Å². The van der Waals surface area contributed by atoms with E-state index in [-0.39, 0.29) is 0 Å². The van der Waals surface area contributed by atoms with Crippen molar-refractivity contribution in [1.82, 2.24) is 5.32 Å². The molecule has 0 aliphatic rings. The summed E-state index contributed by atoms with van der Waals surface area (Å²) >= 11 is 6.14. The van der Waals surface area contributed by atoms with E-state index in [1.54, 1.807) is 0 Å². The van der Waals surface area contributed by atoms with Crippen molar-refractivity contribution in [3.63, 3.8) is 0 Å². The SMILES string of the molecule is CCC(CC)CC(CNC(C)C)c1cccc(Cl)c1. The number of nitrogens with one attached hydrogen (secondary N) is 1. The second-order valence-electron chi connectivity index (χ2n) is 5.73. The highest BCUT2D eigenvalue weighted by atomic mass is 35.5. The Morgan fingerprint density at radius 3 is 2.37 bits per heavy atom. The Morgan fingerprint density at radius 2 is 1.84 bits per heavy atom. The Kier molecular flexibility index (Phi) is 7.48. The van der Waals surface area contributed by atoms with E-state index in [0.717, 1.165) is 17.5 Å². The number of benzene rings is 1. The zero-order valence-electron chi connectivity index (χ0n) is 12.7. The van der Waals surface area contributed by atoms with Crippen molar-refractivity contribution in [1.29, 1.82) is 0 Å². The molecule has 1 nitrogen and oxygen atoms in total. The Morgan fingerprint density at radius 1 is 1.16 bits per heavy atom. The molecule has 0 fully saturated rings. The minimum absolute atomic E-state index is 0.531. The summed E-state index contributed by atoms with van der Waals surface area (Å²) < 4.78 is 0. The number of hydrogen-bond acceptors (Lipinski definition) is 1. The Balaban J connectivity index is 2.78. The summed E-state index contributed by atoms with van der Waals surface area (Å²) in [4.78, 5) is 0. The lowest BCUT2D eigenvalue weighted by molar-refractivity contribution is 0.391. The highest BCUT2D eigenvalue weighted by molar-refractivity contribution is 6.30. The Labute approximate surface area is 123 Å². The molecule has 0 amide bonds. The highest BCUT2D eigenvalue weighted by Gasteiger charge is 2.16. The summed E-state index contributed by atoms with van der Waals surface area (Å²) in [5.41, 5.74) is 1.37. The average molecular weight is 282 g/mol. The molecular weight excluding hydrogens is 254 g/mol. The smallest absolute Gasteiger partial charge is 0.0408 e. The van der Waals surface area contributed by atoms with Gasteiger partial charge in [-0.3, -0.25) is 0 Å². The van der Waals surface area contributed by atoms with E-state index in [2.05, 4.69) is 51.2 Å².